The van der Waals surface area contributed by atoms with Crippen LogP contribution < -0.4 is 5.32 Å². The molecule has 0 saturated carbocycles. The molecule has 1 N–H and O–H groups in total. The molecule has 6 heteroatoms. The molecule has 1 aliphatic rings. The van der Waals surface area contributed by atoms with Crippen LogP contribution in [-0.4, -0.2) is 31.7 Å². The van der Waals surface area contributed by atoms with Gasteiger partial charge in [0.1, 0.15) is 0 Å². The average Bonchev–Trinajstić information content (AvgIpc) is 2.68. The van der Waals surface area contributed by atoms with Crippen LogP contribution in [0.5, 0.6) is 0 Å². The van der Waals surface area contributed by atoms with E-state index in [9.17, 15) is 13.2 Å². The topological polar surface area (TPSA) is 66.5 Å². The van der Waals surface area contributed by atoms with E-state index in [0.29, 0.717) is 30.8 Å². The maximum absolute atomic E-state index is 12.8. The summed E-state index contributed by atoms with van der Waals surface area (Å²) in [6.45, 7) is 8.77. The van der Waals surface area contributed by atoms with E-state index in [4.69, 9.17) is 0 Å². The number of nitrogens with one attached hydrogen (secondary N) is 1. The maximum atomic E-state index is 12.8. The second-order valence-electron chi connectivity index (χ2n) is 8.08. The minimum Gasteiger partial charge on any atom is -0.349 e. The molecular formula is C23H30N2O3S. The highest BCUT2D eigenvalue weighted by atomic mass is 32.2. The zero-order valence-electron chi connectivity index (χ0n) is 17.6. The Hall–Kier alpha value is -2.18. The van der Waals surface area contributed by atoms with Crippen molar-refractivity contribution in [2.45, 2.75) is 51.5 Å². The summed E-state index contributed by atoms with van der Waals surface area (Å²) in [5.74, 6) is -0.155. The Labute approximate surface area is 174 Å². The lowest BCUT2D eigenvalue weighted by Gasteiger charge is -2.31. The first-order valence-electron chi connectivity index (χ1n) is 10.1. The van der Waals surface area contributed by atoms with Gasteiger partial charge in [-0.25, -0.2) is 8.42 Å². The standard InChI is InChI=1S/C23H30N2O3S/c1-16-5-8-21(9-6-16)29(27,28)25-13-11-20(12-14-25)23(26)24-19(4)22-10-7-17(2)15-18(22)3/h5-10,15,19-20H,11-14H2,1-4H3,(H,24,26)/t19-/m0/s1. The fourth-order valence-electron chi connectivity index (χ4n) is 3.94. The number of amides is 1. The van der Waals surface area contributed by atoms with E-state index in [1.165, 1.54) is 9.87 Å². The fraction of sp³-hybridized carbons (Fsp3) is 0.435. The Morgan fingerprint density at radius 2 is 1.59 bits per heavy atom. The van der Waals surface area contributed by atoms with Crippen molar-refractivity contribution < 1.29 is 13.2 Å². The molecule has 0 unspecified atom stereocenters. The van der Waals surface area contributed by atoms with Crippen LogP contribution in [0.4, 0.5) is 0 Å². The van der Waals surface area contributed by atoms with Gasteiger partial charge in [0.25, 0.3) is 0 Å². The lowest BCUT2D eigenvalue weighted by Crippen LogP contribution is -2.43. The molecule has 0 aliphatic carbocycles. The van der Waals surface area contributed by atoms with E-state index >= 15 is 0 Å². The molecule has 29 heavy (non-hydrogen) atoms. The summed E-state index contributed by atoms with van der Waals surface area (Å²) >= 11 is 0. The highest BCUT2D eigenvalue weighted by Crippen LogP contribution is 2.25. The van der Waals surface area contributed by atoms with Gasteiger partial charge in [0.2, 0.25) is 15.9 Å². The Bertz CT molecular complexity index is 976. The second kappa shape index (κ2) is 8.67. The summed E-state index contributed by atoms with van der Waals surface area (Å²) in [5, 5.41) is 3.11. The molecule has 1 atom stereocenters. The predicted octanol–water partition coefficient (Wildman–Crippen LogP) is 3.89. The van der Waals surface area contributed by atoms with Crippen LogP contribution in [0, 0.1) is 26.7 Å². The zero-order valence-corrected chi connectivity index (χ0v) is 18.4. The van der Waals surface area contributed by atoms with Crippen LogP contribution in [0.1, 0.15) is 48.1 Å². The maximum Gasteiger partial charge on any atom is 0.243 e. The monoisotopic (exact) mass is 414 g/mol. The zero-order chi connectivity index (χ0) is 21.2. The van der Waals surface area contributed by atoms with Crippen molar-refractivity contribution in [1.29, 1.82) is 0 Å². The number of aryl methyl sites for hydroxylation is 3. The molecule has 3 rings (SSSR count). The van der Waals surface area contributed by atoms with Crippen molar-refractivity contribution in [2.75, 3.05) is 13.1 Å². The molecule has 156 valence electrons. The smallest absolute Gasteiger partial charge is 0.243 e. The SMILES string of the molecule is Cc1ccc(S(=O)(=O)N2CCC(C(=O)N[C@@H](C)c3ccc(C)cc3C)CC2)cc1. The van der Waals surface area contributed by atoms with Crippen molar-refractivity contribution in [1.82, 2.24) is 9.62 Å². The summed E-state index contributed by atoms with van der Waals surface area (Å²) < 4.78 is 27.2. The number of carbonyl (C=O) groups is 1. The number of carbonyl (C=O) groups excluding carboxylic acids is 1. The van der Waals surface area contributed by atoms with Gasteiger partial charge in [-0.05, 0) is 63.8 Å². The van der Waals surface area contributed by atoms with Gasteiger partial charge in [0.05, 0.1) is 10.9 Å². The lowest BCUT2D eigenvalue weighted by atomic mass is 9.95. The summed E-state index contributed by atoms with van der Waals surface area (Å²) in [6.07, 6.45) is 1.08. The number of piperidine rings is 1. The number of rotatable bonds is 5. The number of hydrogen-bond donors (Lipinski definition) is 1. The number of benzene rings is 2. The van der Waals surface area contributed by atoms with Crippen LogP contribution in [0.2, 0.25) is 0 Å². The minimum absolute atomic E-state index is 0.00450. The molecule has 1 aliphatic heterocycles. The normalized spacial score (nSPS) is 17.1. The fourth-order valence-corrected chi connectivity index (χ4v) is 5.41. The summed E-state index contributed by atoms with van der Waals surface area (Å²) in [6, 6.07) is 13.1. The quantitative estimate of drug-likeness (QED) is 0.807. The third kappa shape index (κ3) is 4.87. The first kappa shape index (κ1) is 21.5. The molecule has 0 aromatic heterocycles. The predicted molar refractivity (Wildman–Crippen MR) is 115 cm³/mol. The lowest BCUT2D eigenvalue weighted by molar-refractivity contribution is -0.126. The molecule has 0 radical (unpaired) electrons. The van der Waals surface area contributed by atoms with E-state index in [0.717, 1.165) is 16.7 Å². The van der Waals surface area contributed by atoms with Crippen LogP contribution >= 0.6 is 0 Å². The van der Waals surface area contributed by atoms with Gasteiger partial charge in [-0.15, -0.1) is 0 Å². The highest BCUT2D eigenvalue weighted by Gasteiger charge is 2.32. The molecule has 1 amide bonds. The molecular weight excluding hydrogens is 384 g/mol. The van der Waals surface area contributed by atoms with Gasteiger partial charge in [-0.3, -0.25) is 4.79 Å². The number of nitrogens with zero attached hydrogens (tertiary/aromatic N) is 1. The Morgan fingerprint density at radius 3 is 2.17 bits per heavy atom. The van der Waals surface area contributed by atoms with E-state index < -0.39 is 10.0 Å². The Balaban J connectivity index is 1.60. The molecule has 5 nitrogen and oxygen atoms in total. The number of sulfonamides is 1. The first-order valence-corrected chi connectivity index (χ1v) is 11.6. The summed E-state index contributed by atoms with van der Waals surface area (Å²) in [4.78, 5) is 13.1. The number of hydrogen-bond acceptors (Lipinski definition) is 3. The van der Waals surface area contributed by atoms with Gasteiger partial charge in [-0.1, -0.05) is 41.5 Å². The molecule has 1 heterocycles. The van der Waals surface area contributed by atoms with E-state index in [-0.39, 0.29) is 17.9 Å². The summed E-state index contributed by atoms with van der Waals surface area (Å²) in [7, 11) is -3.50. The van der Waals surface area contributed by atoms with Crippen molar-refractivity contribution in [3.63, 3.8) is 0 Å². The van der Waals surface area contributed by atoms with Crippen LogP contribution in [-0.2, 0) is 14.8 Å². The summed E-state index contributed by atoms with van der Waals surface area (Å²) in [5.41, 5.74) is 4.50. The van der Waals surface area contributed by atoms with Crippen LogP contribution in [0.15, 0.2) is 47.4 Å². The second-order valence-corrected chi connectivity index (χ2v) is 10.0. The molecule has 1 fully saturated rings. The van der Waals surface area contributed by atoms with E-state index in [1.807, 2.05) is 26.0 Å². The van der Waals surface area contributed by atoms with Gasteiger partial charge >= 0.3 is 0 Å². The van der Waals surface area contributed by atoms with Crippen molar-refractivity contribution in [2.24, 2.45) is 5.92 Å². The largest absolute Gasteiger partial charge is 0.349 e. The molecule has 2 aromatic carbocycles. The average molecular weight is 415 g/mol. The molecule has 0 spiro atoms. The van der Waals surface area contributed by atoms with Gasteiger partial charge < -0.3 is 5.32 Å². The van der Waals surface area contributed by atoms with Gasteiger partial charge in [-0.2, -0.15) is 4.31 Å². The Morgan fingerprint density at radius 1 is 1.00 bits per heavy atom. The molecule has 2 aromatic rings. The highest BCUT2D eigenvalue weighted by molar-refractivity contribution is 7.89. The van der Waals surface area contributed by atoms with Crippen molar-refractivity contribution in [3.8, 4) is 0 Å². The van der Waals surface area contributed by atoms with E-state index in [1.54, 1.807) is 12.1 Å². The first-order chi connectivity index (χ1) is 13.7. The molecule has 0 bridgehead atoms. The third-order valence-corrected chi connectivity index (χ3v) is 7.65. The van der Waals surface area contributed by atoms with Crippen molar-refractivity contribution >= 4 is 15.9 Å². The van der Waals surface area contributed by atoms with E-state index in [2.05, 4.69) is 37.4 Å². The molecule has 1 saturated heterocycles. The Kier molecular flexibility index (Phi) is 6.44. The van der Waals surface area contributed by atoms with Crippen molar-refractivity contribution in [3.05, 3.63) is 64.7 Å². The third-order valence-electron chi connectivity index (χ3n) is 5.73. The van der Waals surface area contributed by atoms with Gasteiger partial charge in [0.15, 0.2) is 0 Å². The van der Waals surface area contributed by atoms with Gasteiger partial charge in [0, 0.05) is 19.0 Å². The van der Waals surface area contributed by atoms with Crippen LogP contribution in [0.25, 0.3) is 0 Å². The minimum atomic E-state index is -3.50. The van der Waals surface area contributed by atoms with Crippen LogP contribution in [0.3, 0.4) is 0 Å².